The predicted octanol–water partition coefficient (Wildman–Crippen LogP) is 4.63. The first-order chi connectivity index (χ1) is 9.90. The molecule has 20 heavy (non-hydrogen) atoms. The summed E-state index contributed by atoms with van der Waals surface area (Å²) >= 11 is 0. The van der Waals surface area contributed by atoms with Gasteiger partial charge in [0.15, 0.2) is 0 Å². The molecule has 0 amide bonds. The Morgan fingerprint density at radius 2 is 1.50 bits per heavy atom. The molecule has 96 valence electrons. The third kappa shape index (κ3) is 2.24. The van der Waals surface area contributed by atoms with E-state index in [2.05, 4.69) is 42.5 Å². The Morgan fingerprint density at radius 3 is 2.15 bits per heavy atom. The summed E-state index contributed by atoms with van der Waals surface area (Å²) in [7, 11) is 1.71. The molecule has 0 N–H and O–H groups in total. The second-order valence-electron chi connectivity index (χ2n) is 4.47. The average Bonchev–Trinajstić information content (AvgIpc) is 2.55. The van der Waals surface area contributed by atoms with Crippen LogP contribution in [0.1, 0.15) is 0 Å². The fraction of sp³-hybridized carbons (Fsp3) is 0.0526. The standard InChI is InChI=1S/C19H14O/c1-20-19-17(15-9-4-2-5-10-15)13-8-14-18(19)16-11-6-3-7-12-16/h2,4-6,8-14H,1H3. The van der Waals surface area contributed by atoms with Gasteiger partial charge in [-0.1, -0.05) is 60.7 Å². The lowest BCUT2D eigenvalue weighted by Crippen LogP contribution is -1.91. The fourth-order valence-corrected chi connectivity index (χ4v) is 2.34. The molecule has 0 fully saturated rings. The molecule has 0 aliphatic rings. The van der Waals surface area contributed by atoms with Gasteiger partial charge in [0.25, 0.3) is 0 Å². The third-order valence-corrected chi connectivity index (χ3v) is 3.27. The maximum Gasteiger partial charge on any atom is 0.134 e. The quantitative estimate of drug-likeness (QED) is 0.665. The molecule has 3 rings (SSSR count). The van der Waals surface area contributed by atoms with E-state index in [0.717, 1.165) is 28.0 Å². The average molecular weight is 258 g/mol. The fourth-order valence-electron chi connectivity index (χ4n) is 2.34. The van der Waals surface area contributed by atoms with Crippen molar-refractivity contribution in [1.29, 1.82) is 0 Å². The molecule has 0 saturated heterocycles. The largest absolute Gasteiger partial charge is 0.495 e. The zero-order valence-corrected chi connectivity index (χ0v) is 11.3. The molecule has 0 bridgehead atoms. The Balaban J connectivity index is 2.19. The lowest BCUT2D eigenvalue weighted by atomic mass is 9.97. The van der Waals surface area contributed by atoms with Crippen LogP contribution in [0.25, 0.3) is 22.3 Å². The van der Waals surface area contributed by atoms with Crippen LogP contribution in [-0.2, 0) is 0 Å². The molecular weight excluding hydrogens is 244 g/mol. The Labute approximate surface area is 119 Å². The van der Waals surface area contributed by atoms with E-state index in [-0.39, 0.29) is 0 Å². The van der Waals surface area contributed by atoms with Crippen LogP contribution >= 0.6 is 0 Å². The molecule has 0 aliphatic carbocycles. The summed E-state index contributed by atoms with van der Waals surface area (Å²) in [6.07, 6.45) is 0. The minimum absolute atomic E-state index is 0.887. The van der Waals surface area contributed by atoms with E-state index in [1.165, 1.54) is 0 Å². The van der Waals surface area contributed by atoms with Gasteiger partial charge in [-0.05, 0) is 29.3 Å². The van der Waals surface area contributed by atoms with Crippen molar-refractivity contribution < 1.29 is 4.74 Å². The zero-order valence-electron chi connectivity index (χ0n) is 11.3. The summed E-state index contributed by atoms with van der Waals surface area (Å²) in [4.78, 5) is 0. The molecule has 0 heterocycles. The van der Waals surface area contributed by atoms with Crippen molar-refractivity contribution >= 4 is 0 Å². The third-order valence-electron chi connectivity index (χ3n) is 3.27. The van der Waals surface area contributed by atoms with Crippen molar-refractivity contribution in [3.63, 3.8) is 0 Å². The molecule has 0 unspecified atom stereocenters. The van der Waals surface area contributed by atoms with E-state index in [0.29, 0.717) is 0 Å². The van der Waals surface area contributed by atoms with Gasteiger partial charge in [-0.3, -0.25) is 0 Å². The second kappa shape index (κ2) is 5.50. The van der Waals surface area contributed by atoms with Gasteiger partial charge in [-0.25, -0.2) is 0 Å². The number of methoxy groups -OCH3 is 1. The van der Waals surface area contributed by atoms with Crippen molar-refractivity contribution in [2.75, 3.05) is 7.11 Å². The van der Waals surface area contributed by atoms with Gasteiger partial charge in [0, 0.05) is 11.1 Å². The molecule has 0 saturated carbocycles. The van der Waals surface area contributed by atoms with Crippen molar-refractivity contribution in [2.24, 2.45) is 0 Å². The van der Waals surface area contributed by atoms with Crippen LogP contribution in [0.2, 0.25) is 0 Å². The molecule has 0 radical (unpaired) electrons. The number of benzene rings is 2. The van der Waals surface area contributed by atoms with Crippen LogP contribution < -0.4 is 4.74 Å². The highest BCUT2D eigenvalue weighted by Gasteiger charge is 2.11. The van der Waals surface area contributed by atoms with Gasteiger partial charge in [0.1, 0.15) is 5.75 Å². The van der Waals surface area contributed by atoms with Crippen molar-refractivity contribution in [2.45, 2.75) is 0 Å². The molecule has 0 aromatic heterocycles. The molecule has 0 aliphatic heterocycles. The molecule has 1 heteroatoms. The zero-order chi connectivity index (χ0) is 13.8. The summed E-state index contributed by atoms with van der Waals surface area (Å²) in [5, 5.41) is 0. The summed E-state index contributed by atoms with van der Waals surface area (Å²) in [5.41, 5.74) is 4.40. The van der Waals surface area contributed by atoms with Crippen molar-refractivity contribution in [3.05, 3.63) is 78.9 Å². The van der Waals surface area contributed by atoms with E-state index in [4.69, 9.17) is 4.74 Å². The van der Waals surface area contributed by atoms with Gasteiger partial charge in [0.2, 0.25) is 0 Å². The predicted molar refractivity (Wildman–Crippen MR) is 81.5 cm³/mol. The lowest BCUT2D eigenvalue weighted by Gasteiger charge is -2.13. The Kier molecular flexibility index (Phi) is 3.39. The normalized spacial score (nSPS) is 9.85. The van der Waals surface area contributed by atoms with E-state index in [9.17, 15) is 0 Å². The van der Waals surface area contributed by atoms with Gasteiger partial charge in [-0.2, -0.15) is 0 Å². The molecule has 3 aromatic rings. The smallest absolute Gasteiger partial charge is 0.134 e. The minimum atomic E-state index is 0.887. The SMILES string of the molecule is COc1c(-c2cc#ccc2)cccc1-c1ccccc1. The van der Waals surface area contributed by atoms with Gasteiger partial charge >= 0.3 is 0 Å². The van der Waals surface area contributed by atoms with Gasteiger partial charge in [-0.15, -0.1) is 0 Å². The summed E-state index contributed by atoms with van der Waals surface area (Å²) < 4.78 is 5.66. The first-order valence-electron chi connectivity index (χ1n) is 6.51. The first kappa shape index (κ1) is 12.3. The Bertz CT molecular complexity index is 630. The molecule has 1 nitrogen and oxygen atoms in total. The molecule has 3 aromatic carbocycles. The second-order valence-corrected chi connectivity index (χ2v) is 4.47. The van der Waals surface area contributed by atoms with E-state index >= 15 is 0 Å². The van der Waals surface area contributed by atoms with Gasteiger partial charge in [0.05, 0.1) is 7.11 Å². The monoisotopic (exact) mass is 258 g/mol. The maximum absolute atomic E-state index is 5.66. The van der Waals surface area contributed by atoms with Crippen LogP contribution in [0, 0.1) is 12.1 Å². The molecular formula is C19H14O. The Morgan fingerprint density at radius 1 is 0.750 bits per heavy atom. The van der Waals surface area contributed by atoms with Crippen molar-refractivity contribution in [3.8, 4) is 28.0 Å². The number of ether oxygens (including phenoxy) is 1. The summed E-state index contributed by atoms with van der Waals surface area (Å²) in [6.45, 7) is 0. The number of rotatable bonds is 3. The number of para-hydroxylation sites is 1. The van der Waals surface area contributed by atoms with Crippen molar-refractivity contribution in [1.82, 2.24) is 0 Å². The number of hydrogen-bond acceptors (Lipinski definition) is 1. The highest BCUT2D eigenvalue weighted by molar-refractivity contribution is 5.82. The van der Waals surface area contributed by atoms with Crippen LogP contribution in [-0.4, -0.2) is 7.11 Å². The van der Waals surface area contributed by atoms with Crippen LogP contribution in [0.4, 0.5) is 0 Å². The molecule has 0 atom stereocenters. The Hall–Kier alpha value is -2.72. The molecule has 0 spiro atoms. The highest BCUT2D eigenvalue weighted by Crippen LogP contribution is 2.38. The first-order valence-corrected chi connectivity index (χ1v) is 6.51. The van der Waals surface area contributed by atoms with E-state index < -0.39 is 0 Å². The maximum atomic E-state index is 5.66. The minimum Gasteiger partial charge on any atom is -0.495 e. The van der Waals surface area contributed by atoms with Gasteiger partial charge < -0.3 is 4.74 Å². The lowest BCUT2D eigenvalue weighted by molar-refractivity contribution is 0.418. The highest BCUT2D eigenvalue weighted by atomic mass is 16.5. The summed E-state index contributed by atoms with van der Waals surface area (Å²) in [6, 6.07) is 28.2. The summed E-state index contributed by atoms with van der Waals surface area (Å²) in [5.74, 6) is 0.887. The number of hydrogen-bond donors (Lipinski definition) is 0. The topological polar surface area (TPSA) is 9.23 Å². The van der Waals surface area contributed by atoms with E-state index in [1.807, 2.05) is 36.4 Å². The van der Waals surface area contributed by atoms with E-state index in [1.54, 1.807) is 7.11 Å². The van der Waals surface area contributed by atoms with Crippen LogP contribution in [0.3, 0.4) is 0 Å². The van der Waals surface area contributed by atoms with Crippen LogP contribution in [0.5, 0.6) is 5.75 Å². The van der Waals surface area contributed by atoms with Crippen LogP contribution in [0.15, 0.2) is 66.7 Å².